The van der Waals surface area contributed by atoms with Crippen LogP contribution in [0.15, 0.2) is 12.1 Å². The average molecular weight is 248 g/mol. The monoisotopic (exact) mass is 248 g/mol. The van der Waals surface area contributed by atoms with Crippen molar-refractivity contribution in [2.24, 2.45) is 0 Å². The number of rotatable bonds is 6. The summed E-state index contributed by atoms with van der Waals surface area (Å²) in [5, 5.41) is 9.63. The number of aliphatic hydroxyl groups excluding tert-OH is 1. The molecule has 1 unspecified atom stereocenters. The van der Waals surface area contributed by atoms with E-state index < -0.39 is 29.1 Å². The van der Waals surface area contributed by atoms with Crippen molar-refractivity contribution in [3.05, 3.63) is 35.1 Å². The zero-order valence-electron chi connectivity index (χ0n) is 9.55. The van der Waals surface area contributed by atoms with E-state index in [4.69, 9.17) is 4.74 Å². The fourth-order valence-corrected chi connectivity index (χ4v) is 1.60. The lowest BCUT2D eigenvalue weighted by molar-refractivity contribution is 0.143. The first-order valence-corrected chi connectivity index (χ1v) is 5.37. The van der Waals surface area contributed by atoms with Gasteiger partial charge in [-0.3, -0.25) is 0 Å². The van der Waals surface area contributed by atoms with Gasteiger partial charge < -0.3 is 9.84 Å². The van der Waals surface area contributed by atoms with Crippen molar-refractivity contribution in [1.29, 1.82) is 0 Å². The Kier molecular flexibility index (Phi) is 5.44. The molecule has 0 heterocycles. The molecule has 1 aromatic carbocycles. The Bertz CT molecular complexity index is 346. The van der Waals surface area contributed by atoms with Crippen molar-refractivity contribution in [2.45, 2.75) is 25.4 Å². The van der Waals surface area contributed by atoms with Crippen LogP contribution in [0, 0.1) is 17.5 Å². The van der Waals surface area contributed by atoms with Gasteiger partial charge in [0.1, 0.15) is 17.5 Å². The maximum Gasteiger partial charge on any atom is 0.134 e. The third kappa shape index (κ3) is 4.02. The van der Waals surface area contributed by atoms with E-state index in [9.17, 15) is 18.3 Å². The number of hydrogen-bond donors (Lipinski definition) is 1. The van der Waals surface area contributed by atoms with Crippen LogP contribution in [0.2, 0.25) is 0 Å². The average Bonchev–Trinajstić information content (AvgIpc) is 2.23. The van der Waals surface area contributed by atoms with E-state index in [0.29, 0.717) is 31.6 Å². The van der Waals surface area contributed by atoms with Gasteiger partial charge in [0.2, 0.25) is 0 Å². The summed E-state index contributed by atoms with van der Waals surface area (Å²) in [7, 11) is 1.55. The van der Waals surface area contributed by atoms with Crippen molar-refractivity contribution >= 4 is 0 Å². The van der Waals surface area contributed by atoms with E-state index in [1.54, 1.807) is 7.11 Å². The lowest BCUT2D eigenvalue weighted by Gasteiger charge is -2.12. The summed E-state index contributed by atoms with van der Waals surface area (Å²) in [6.45, 7) is 0.529. The topological polar surface area (TPSA) is 29.5 Å². The molecule has 0 fully saturated rings. The molecular formula is C12H15F3O2. The zero-order chi connectivity index (χ0) is 12.8. The molecule has 0 saturated carbocycles. The standard InChI is InChI=1S/C12H15F3O2/c1-17-5-3-2-4-11(16)12-9(14)6-8(13)7-10(12)15/h6-7,11,16H,2-5H2,1H3. The van der Waals surface area contributed by atoms with E-state index in [0.717, 1.165) is 0 Å². The SMILES string of the molecule is COCCCCC(O)c1c(F)cc(F)cc1F. The Morgan fingerprint density at radius 2 is 1.76 bits per heavy atom. The first-order valence-electron chi connectivity index (χ1n) is 5.37. The van der Waals surface area contributed by atoms with Gasteiger partial charge in [0.25, 0.3) is 0 Å². The largest absolute Gasteiger partial charge is 0.388 e. The molecule has 1 N–H and O–H groups in total. The summed E-state index contributed by atoms with van der Waals surface area (Å²) in [6, 6.07) is 1.13. The zero-order valence-corrected chi connectivity index (χ0v) is 9.55. The molecule has 0 amide bonds. The molecular weight excluding hydrogens is 233 g/mol. The van der Waals surface area contributed by atoms with Gasteiger partial charge in [0, 0.05) is 25.8 Å². The van der Waals surface area contributed by atoms with Gasteiger partial charge in [-0.1, -0.05) is 0 Å². The number of ether oxygens (including phenoxy) is 1. The molecule has 1 aromatic rings. The van der Waals surface area contributed by atoms with Gasteiger partial charge in [-0.05, 0) is 19.3 Å². The smallest absolute Gasteiger partial charge is 0.134 e. The molecule has 0 radical (unpaired) electrons. The summed E-state index contributed by atoms with van der Waals surface area (Å²) in [5.74, 6) is -3.10. The number of hydrogen-bond acceptors (Lipinski definition) is 2. The molecule has 0 aliphatic carbocycles. The normalized spacial score (nSPS) is 12.8. The van der Waals surface area contributed by atoms with E-state index in [-0.39, 0.29) is 6.42 Å². The Morgan fingerprint density at radius 3 is 2.29 bits per heavy atom. The molecule has 0 aliphatic heterocycles. The van der Waals surface area contributed by atoms with Crippen LogP contribution < -0.4 is 0 Å². The van der Waals surface area contributed by atoms with E-state index in [2.05, 4.69) is 0 Å². The molecule has 2 nitrogen and oxygen atoms in total. The first kappa shape index (κ1) is 14.0. The number of halogens is 3. The maximum absolute atomic E-state index is 13.3. The second kappa shape index (κ2) is 6.61. The maximum atomic E-state index is 13.3. The second-order valence-electron chi connectivity index (χ2n) is 3.79. The van der Waals surface area contributed by atoms with Crippen molar-refractivity contribution in [3.63, 3.8) is 0 Å². The van der Waals surface area contributed by atoms with Crippen molar-refractivity contribution in [1.82, 2.24) is 0 Å². The molecule has 0 bridgehead atoms. The summed E-state index contributed by atoms with van der Waals surface area (Å²) in [5.41, 5.74) is -0.469. The lowest BCUT2D eigenvalue weighted by Crippen LogP contribution is -2.05. The summed E-state index contributed by atoms with van der Waals surface area (Å²) < 4.78 is 44.0. The van der Waals surface area contributed by atoms with Gasteiger partial charge >= 0.3 is 0 Å². The predicted molar refractivity (Wildman–Crippen MR) is 57.0 cm³/mol. The fraction of sp³-hybridized carbons (Fsp3) is 0.500. The van der Waals surface area contributed by atoms with Crippen LogP contribution in [-0.4, -0.2) is 18.8 Å². The third-order valence-corrected chi connectivity index (χ3v) is 2.45. The van der Waals surface area contributed by atoms with Crippen LogP contribution in [0.25, 0.3) is 0 Å². The molecule has 0 spiro atoms. The highest BCUT2D eigenvalue weighted by atomic mass is 19.1. The Hall–Kier alpha value is -1.07. The molecule has 0 saturated heterocycles. The Balaban J connectivity index is 2.65. The van der Waals surface area contributed by atoms with Crippen molar-refractivity contribution < 1.29 is 23.0 Å². The van der Waals surface area contributed by atoms with Crippen LogP contribution in [0.1, 0.15) is 30.9 Å². The molecule has 5 heteroatoms. The van der Waals surface area contributed by atoms with Crippen LogP contribution >= 0.6 is 0 Å². The van der Waals surface area contributed by atoms with Crippen LogP contribution in [0.5, 0.6) is 0 Å². The molecule has 0 aliphatic rings. The highest BCUT2D eigenvalue weighted by molar-refractivity contribution is 5.22. The van der Waals surface area contributed by atoms with Crippen LogP contribution in [0.4, 0.5) is 13.2 Å². The number of methoxy groups -OCH3 is 1. The lowest BCUT2D eigenvalue weighted by atomic mass is 10.0. The molecule has 17 heavy (non-hydrogen) atoms. The van der Waals surface area contributed by atoms with Crippen LogP contribution in [0.3, 0.4) is 0 Å². The fourth-order valence-electron chi connectivity index (χ4n) is 1.60. The number of unbranched alkanes of at least 4 members (excludes halogenated alkanes) is 1. The van der Waals surface area contributed by atoms with E-state index in [1.165, 1.54) is 0 Å². The summed E-state index contributed by atoms with van der Waals surface area (Å²) in [4.78, 5) is 0. The minimum Gasteiger partial charge on any atom is -0.388 e. The van der Waals surface area contributed by atoms with Gasteiger partial charge in [0.05, 0.1) is 11.7 Å². The second-order valence-corrected chi connectivity index (χ2v) is 3.79. The molecule has 1 atom stereocenters. The van der Waals surface area contributed by atoms with Crippen molar-refractivity contribution in [3.8, 4) is 0 Å². The highest BCUT2D eigenvalue weighted by Gasteiger charge is 2.18. The summed E-state index contributed by atoms with van der Waals surface area (Å²) >= 11 is 0. The quantitative estimate of drug-likeness (QED) is 0.784. The first-order chi connectivity index (χ1) is 8.06. The number of benzene rings is 1. The van der Waals surface area contributed by atoms with Gasteiger partial charge in [-0.15, -0.1) is 0 Å². The Morgan fingerprint density at radius 1 is 1.18 bits per heavy atom. The van der Waals surface area contributed by atoms with Crippen LogP contribution in [-0.2, 0) is 4.74 Å². The van der Waals surface area contributed by atoms with E-state index in [1.807, 2.05) is 0 Å². The minimum atomic E-state index is -1.26. The minimum absolute atomic E-state index is 0.211. The van der Waals surface area contributed by atoms with E-state index >= 15 is 0 Å². The van der Waals surface area contributed by atoms with Gasteiger partial charge in [-0.2, -0.15) is 0 Å². The third-order valence-electron chi connectivity index (χ3n) is 2.45. The molecule has 0 aromatic heterocycles. The van der Waals surface area contributed by atoms with Crippen molar-refractivity contribution in [2.75, 3.05) is 13.7 Å². The van der Waals surface area contributed by atoms with Gasteiger partial charge in [0.15, 0.2) is 0 Å². The highest BCUT2D eigenvalue weighted by Crippen LogP contribution is 2.25. The molecule has 1 rings (SSSR count). The van der Waals surface area contributed by atoms with Gasteiger partial charge in [-0.25, -0.2) is 13.2 Å². The summed E-state index contributed by atoms with van der Waals surface area (Å²) in [6.07, 6.45) is 0.221. The molecule has 96 valence electrons. The predicted octanol–water partition coefficient (Wildman–Crippen LogP) is 2.95. The Labute approximate surface area is 98.0 Å². The number of aliphatic hydroxyl groups is 1.